The van der Waals surface area contributed by atoms with Crippen LogP contribution in [0.4, 0.5) is 13.2 Å². The van der Waals surface area contributed by atoms with Gasteiger partial charge in [0, 0.05) is 13.1 Å². The number of carbonyl (C=O) groups excluding carboxylic acids is 1. The summed E-state index contributed by atoms with van der Waals surface area (Å²) in [6.45, 7) is 9.76. The molecule has 138 valence electrons. The van der Waals surface area contributed by atoms with E-state index in [1.54, 1.807) is 13.0 Å². The zero-order chi connectivity index (χ0) is 19.1. The number of aromatic hydroxyl groups is 1. The minimum absolute atomic E-state index is 0.00720. The molecule has 0 fully saturated rings. The summed E-state index contributed by atoms with van der Waals surface area (Å²) in [7, 11) is 0. The Hall–Kier alpha value is -1.24. The van der Waals surface area contributed by atoms with Crippen LogP contribution in [0.15, 0.2) is 10.5 Å². The van der Waals surface area contributed by atoms with E-state index in [1.807, 2.05) is 27.7 Å². The lowest BCUT2D eigenvalue weighted by atomic mass is 9.97. The molecule has 0 atom stereocenters. The molecule has 24 heavy (non-hydrogen) atoms. The minimum Gasteiger partial charge on any atom is -0.506 e. The molecule has 0 aliphatic carbocycles. The molecular formula is C17H25BrF3NO2. The van der Waals surface area contributed by atoms with Gasteiger partial charge in [-0.3, -0.25) is 4.79 Å². The number of hydrogen-bond acceptors (Lipinski definition) is 2. The minimum atomic E-state index is -4.84. The standard InChI is InChI=1S/C13H13BrF3NO2.2C2H6/c1-7-9-3-5-18(12(20)13(15,16)17)4-2-8(9)6-10(14)11(7)19;2*1-2/h6,19H,2-5H2,1H3;2*1-2H3. The summed E-state index contributed by atoms with van der Waals surface area (Å²) >= 11 is 3.22. The SMILES string of the molecule is CC.CC.Cc1c(O)c(Br)cc2c1CCN(C(=O)C(F)(F)F)CC2. The molecule has 1 heterocycles. The summed E-state index contributed by atoms with van der Waals surface area (Å²) in [4.78, 5) is 12.1. The topological polar surface area (TPSA) is 40.5 Å². The van der Waals surface area contributed by atoms with Gasteiger partial charge in [0.25, 0.3) is 0 Å². The van der Waals surface area contributed by atoms with E-state index in [0.29, 0.717) is 22.9 Å². The summed E-state index contributed by atoms with van der Waals surface area (Å²) in [5.74, 6) is -1.70. The Morgan fingerprint density at radius 1 is 1.17 bits per heavy atom. The molecule has 0 aromatic heterocycles. The van der Waals surface area contributed by atoms with Crippen LogP contribution < -0.4 is 0 Å². The first-order valence-corrected chi connectivity index (χ1v) is 8.87. The third-order valence-corrected chi connectivity index (χ3v) is 4.14. The number of alkyl halides is 3. The number of carbonyl (C=O) groups is 1. The summed E-state index contributed by atoms with van der Waals surface area (Å²) in [5.41, 5.74) is 2.34. The van der Waals surface area contributed by atoms with Crippen molar-refractivity contribution in [3.05, 3.63) is 27.2 Å². The maximum absolute atomic E-state index is 12.5. The van der Waals surface area contributed by atoms with E-state index < -0.39 is 12.1 Å². The number of fused-ring (bicyclic) bond motifs is 1. The molecule has 0 bridgehead atoms. The van der Waals surface area contributed by atoms with E-state index >= 15 is 0 Å². The smallest absolute Gasteiger partial charge is 0.471 e. The second-order valence-corrected chi connectivity index (χ2v) is 5.61. The van der Waals surface area contributed by atoms with E-state index in [4.69, 9.17) is 0 Å². The molecule has 0 saturated heterocycles. The number of rotatable bonds is 0. The van der Waals surface area contributed by atoms with E-state index in [1.165, 1.54) is 0 Å². The Balaban J connectivity index is 0.00000123. The largest absolute Gasteiger partial charge is 0.506 e. The number of phenols is 1. The number of phenolic OH excluding ortho intramolecular Hbond substituents is 1. The van der Waals surface area contributed by atoms with Gasteiger partial charge in [-0.05, 0) is 58.5 Å². The van der Waals surface area contributed by atoms with Crippen molar-refractivity contribution in [2.24, 2.45) is 0 Å². The summed E-state index contributed by atoms with van der Waals surface area (Å²) in [6, 6.07) is 1.71. The maximum atomic E-state index is 12.5. The molecule has 3 nitrogen and oxygen atoms in total. The average molecular weight is 412 g/mol. The van der Waals surface area contributed by atoms with Crippen LogP contribution >= 0.6 is 15.9 Å². The zero-order valence-electron chi connectivity index (χ0n) is 14.7. The third kappa shape index (κ3) is 5.40. The second-order valence-electron chi connectivity index (χ2n) is 4.76. The lowest BCUT2D eigenvalue weighted by Gasteiger charge is -2.21. The van der Waals surface area contributed by atoms with Gasteiger partial charge < -0.3 is 10.0 Å². The first-order valence-electron chi connectivity index (χ1n) is 8.07. The first-order chi connectivity index (χ1) is 11.2. The van der Waals surface area contributed by atoms with Gasteiger partial charge in [-0.1, -0.05) is 27.7 Å². The molecule has 0 radical (unpaired) electrons. The highest BCUT2D eigenvalue weighted by Crippen LogP contribution is 2.34. The normalized spacial score (nSPS) is 13.6. The van der Waals surface area contributed by atoms with Crippen LogP contribution in [-0.2, 0) is 17.6 Å². The number of halogens is 4. The van der Waals surface area contributed by atoms with Crippen molar-refractivity contribution >= 4 is 21.8 Å². The fourth-order valence-corrected chi connectivity index (χ4v) is 3.01. The van der Waals surface area contributed by atoms with Crippen molar-refractivity contribution < 1.29 is 23.1 Å². The molecule has 0 saturated carbocycles. The van der Waals surface area contributed by atoms with E-state index in [0.717, 1.165) is 16.0 Å². The highest BCUT2D eigenvalue weighted by atomic mass is 79.9. The Kier molecular flexibility index (Phi) is 9.40. The Bertz CT molecular complexity index is 560. The number of nitrogens with zero attached hydrogens (tertiary/aromatic N) is 1. The van der Waals surface area contributed by atoms with Crippen molar-refractivity contribution in [2.45, 2.75) is 53.6 Å². The van der Waals surface area contributed by atoms with Gasteiger partial charge in [0.2, 0.25) is 0 Å². The lowest BCUT2D eigenvalue weighted by molar-refractivity contribution is -0.185. The molecule has 0 spiro atoms. The van der Waals surface area contributed by atoms with Crippen LogP contribution in [0.5, 0.6) is 5.75 Å². The van der Waals surface area contributed by atoms with Crippen LogP contribution in [-0.4, -0.2) is 35.2 Å². The van der Waals surface area contributed by atoms with Gasteiger partial charge in [0.15, 0.2) is 0 Å². The van der Waals surface area contributed by atoms with Gasteiger partial charge in [0.1, 0.15) is 5.75 Å². The highest BCUT2D eigenvalue weighted by Gasteiger charge is 2.42. The molecule has 1 aromatic rings. The highest BCUT2D eigenvalue weighted by molar-refractivity contribution is 9.10. The van der Waals surface area contributed by atoms with Gasteiger partial charge in [-0.25, -0.2) is 0 Å². The van der Waals surface area contributed by atoms with Crippen LogP contribution in [0.3, 0.4) is 0 Å². The van der Waals surface area contributed by atoms with Gasteiger partial charge in [0.05, 0.1) is 4.47 Å². The van der Waals surface area contributed by atoms with Gasteiger partial charge in [-0.2, -0.15) is 13.2 Å². The summed E-state index contributed by atoms with van der Waals surface area (Å²) in [6.07, 6.45) is -4.19. The second kappa shape index (κ2) is 9.91. The van der Waals surface area contributed by atoms with Gasteiger partial charge >= 0.3 is 12.1 Å². The molecule has 1 aliphatic heterocycles. The predicted molar refractivity (Wildman–Crippen MR) is 93.3 cm³/mol. The van der Waals surface area contributed by atoms with Crippen molar-refractivity contribution in [2.75, 3.05) is 13.1 Å². The van der Waals surface area contributed by atoms with Crippen molar-refractivity contribution in [1.82, 2.24) is 4.90 Å². The molecular weight excluding hydrogens is 387 g/mol. The van der Waals surface area contributed by atoms with Crippen molar-refractivity contribution in [3.8, 4) is 5.75 Å². The molecule has 2 rings (SSSR count). The molecule has 1 N–H and O–H groups in total. The van der Waals surface area contributed by atoms with Crippen molar-refractivity contribution in [3.63, 3.8) is 0 Å². The number of amides is 1. The first kappa shape index (κ1) is 22.8. The molecule has 1 amide bonds. The fraction of sp³-hybridized carbons (Fsp3) is 0.588. The lowest BCUT2D eigenvalue weighted by Crippen LogP contribution is -2.42. The van der Waals surface area contributed by atoms with Crippen LogP contribution in [0.1, 0.15) is 44.4 Å². The molecule has 0 unspecified atom stereocenters. The van der Waals surface area contributed by atoms with Crippen LogP contribution in [0.25, 0.3) is 0 Å². The van der Waals surface area contributed by atoms with Crippen LogP contribution in [0.2, 0.25) is 0 Å². The quantitative estimate of drug-likeness (QED) is 0.651. The monoisotopic (exact) mass is 411 g/mol. The Morgan fingerprint density at radius 2 is 1.67 bits per heavy atom. The van der Waals surface area contributed by atoms with E-state index in [2.05, 4.69) is 15.9 Å². The summed E-state index contributed by atoms with van der Waals surface area (Å²) in [5, 5.41) is 9.85. The number of benzene rings is 1. The predicted octanol–water partition coefficient (Wildman–Crippen LogP) is 5.01. The zero-order valence-corrected chi connectivity index (χ0v) is 16.3. The van der Waals surface area contributed by atoms with Gasteiger partial charge in [-0.15, -0.1) is 0 Å². The molecule has 1 aromatic carbocycles. The number of hydrogen-bond donors (Lipinski definition) is 1. The third-order valence-electron chi connectivity index (χ3n) is 3.54. The Labute approximate surface area is 150 Å². The van der Waals surface area contributed by atoms with E-state index in [-0.39, 0.29) is 18.8 Å². The van der Waals surface area contributed by atoms with Crippen LogP contribution in [0, 0.1) is 6.92 Å². The Morgan fingerprint density at radius 3 is 2.17 bits per heavy atom. The fourth-order valence-electron chi connectivity index (χ4n) is 2.44. The van der Waals surface area contributed by atoms with Crippen molar-refractivity contribution in [1.29, 1.82) is 0 Å². The average Bonchev–Trinajstić information content (AvgIpc) is 2.77. The molecule has 7 heteroatoms. The molecule has 1 aliphatic rings. The summed E-state index contributed by atoms with van der Waals surface area (Å²) < 4.78 is 37.9. The maximum Gasteiger partial charge on any atom is 0.471 e. The van der Waals surface area contributed by atoms with E-state index in [9.17, 15) is 23.1 Å².